The zero-order valence-electron chi connectivity index (χ0n) is 17.2. The summed E-state index contributed by atoms with van der Waals surface area (Å²) in [6.45, 7) is -0.184. The van der Waals surface area contributed by atoms with Gasteiger partial charge in [-0.25, -0.2) is 4.79 Å². The molecule has 0 bridgehead atoms. The van der Waals surface area contributed by atoms with Gasteiger partial charge in [0.2, 0.25) is 0 Å². The molecule has 1 N–H and O–H groups in total. The van der Waals surface area contributed by atoms with Crippen LogP contribution in [0.2, 0.25) is 0 Å². The Morgan fingerprint density at radius 2 is 1.72 bits per heavy atom. The van der Waals surface area contributed by atoms with Crippen LogP contribution < -0.4 is 13.7 Å². The number of nitrogens with zero attached hydrogens (tertiary/aromatic N) is 1. The van der Waals surface area contributed by atoms with E-state index in [2.05, 4.69) is 5.16 Å². The maximum absolute atomic E-state index is 11.2. The third kappa shape index (κ3) is 5.20. The number of ether oxygens (including phenoxy) is 2. The van der Waals surface area contributed by atoms with Crippen molar-refractivity contribution in [2.75, 3.05) is 12.9 Å². The van der Waals surface area contributed by atoms with E-state index in [1.807, 2.05) is 0 Å². The number of fused-ring (bicyclic) bond motifs is 1. The van der Waals surface area contributed by atoms with Gasteiger partial charge in [0.15, 0.2) is 12.4 Å². The molecule has 0 saturated heterocycles. The molecule has 1 aliphatic carbocycles. The van der Waals surface area contributed by atoms with E-state index in [1.165, 1.54) is 12.1 Å². The lowest BCUT2D eigenvalue weighted by Crippen LogP contribution is -2.10. The van der Waals surface area contributed by atoms with E-state index in [4.69, 9.17) is 23.3 Å². The first-order valence-electron chi connectivity index (χ1n) is 9.86. The highest BCUT2D eigenvalue weighted by Crippen LogP contribution is 2.37. The molecule has 1 aromatic heterocycles. The normalized spacial score (nSPS) is 12.9. The second kappa shape index (κ2) is 8.91. The number of hydrogen-bond acceptors (Lipinski definition) is 8. The van der Waals surface area contributed by atoms with E-state index in [-0.39, 0.29) is 19.0 Å². The van der Waals surface area contributed by atoms with Crippen molar-refractivity contribution < 1.29 is 36.5 Å². The predicted octanol–water partition coefficient (Wildman–Crippen LogP) is 3.21. The van der Waals surface area contributed by atoms with E-state index in [0.717, 1.165) is 36.6 Å². The van der Waals surface area contributed by atoms with Crippen LogP contribution in [0.25, 0.3) is 11.3 Å². The Labute approximate surface area is 184 Å². The summed E-state index contributed by atoms with van der Waals surface area (Å²) in [5, 5.41) is 12.9. The minimum Gasteiger partial charge on any atom is -0.487 e. The van der Waals surface area contributed by atoms with Crippen LogP contribution in [0.1, 0.15) is 23.2 Å². The molecule has 3 aromatic rings. The maximum Gasteiger partial charge on any atom is 0.341 e. The molecule has 0 spiro atoms. The molecule has 0 fully saturated rings. The van der Waals surface area contributed by atoms with Gasteiger partial charge in [0, 0.05) is 22.8 Å². The van der Waals surface area contributed by atoms with E-state index in [0.29, 0.717) is 28.5 Å². The van der Waals surface area contributed by atoms with Gasteiger partial charge in [0.25, 0.3) is 0 Å². The van der Waals surface area contributed by atoms with Crippen LogP contribution in [-0.2, 0) is 34.4 Å². The average Bonchev–Trinajstić information content (AvgIpc) is 3.40. The molecule has 0 saturated carbocycles. The number of aliphatic carboxylic acids is 1. The first kappa shape index (κ1) is 21.7. The molecule has 32 heavy (non-hydrogen) atoms. The predicted molar refractivity (Wildman–Crippen MR) is 113 cm³/mol. The fraction of sp³-hybridized carbons (Fsp3) is 0.273. The summed E-state index contributed by atoms with van der Waals surface area (Å²) in [6.07, 6.45) is 3.58. The highest BCUT2D eigenvalue weighted by atomic mass is 32.2. The fourth-order valence-electron chi connectivity index (χ4n) is 3.57. The molecule has 168 valence electrons. The highest BCUT2D eigenvalue weighted by molar-refractivity contribution is 7.86. The molecular formula is C22H21NO8S. The second-order valence-electron chi connectivity index (χ2n) is 7.34. The number of carboxylic acids is 1. The van der Waals surface area contributed by atoms with Crippen LogP contribution in [0.4, 0.5) is 0 Å². The summed E-state index contributed by atoms with van der Waals surface area (Å²) in [5.41, 5.74) is 3.32. The molecule has 10 heteroatoms. The largest absolute Gasteiger partial charge is 0.487 e. The van der Waals surface area contributed by atoms with Gasteiger partial charge in [-0.15, -0.1) is 0 Å². The lowest BCUT2D eigenvalue weighted by molar-refractivity contribution is -0.139. The third-order valence-corrected chi connectivity index (χ3v) is 5.37. The topological polar surface area (TPSA) is 125 Å². The Hall–Kier alpha value is -3.53. The molecule has 0 atom stereocenters. The minimum absolute atomic E-state index is 0.195. The molecule has 0 aliphatic heterocycles. The van der Waals surface area contributed by atoms with Crippen molar-refractivity contribution in [1.29, 1.82) is 0 Å². The molecule has 0 radical (unpaired) electrons. The number of carboxylic acid groups (broad SMARTS) is 1. The lowest BCUT2D eigenvalue weighted by atomic mass is 10.1. The van der Waals surface area contributed by atoms with Gasteiger partial charge in [-0.05, 0) is 55.7 Å². The summed E-state index contributed by atoms with van der Waals surface area (Å²) in [4.78, 5) is 10.8. The van der Waals surface area contributed by atoms with Gasteiger partial charge >= 0.3 is 16.1 Å². The molecule has 0 amide bonds. The third-order valence-electron chi connectivity index (χ3n) is 4.87. The van der Waals surface area contributed by atoms with Gasteiger partial charge in [0.05, 0.1) is 6.26 Å². The van der Waals surface area contributed by atoms with Crippen molar-refractivity contribution in [3.63, 3.8) is 0 Å². The van der Waals surface area contributed by atoms with Crippen molar-refractivity contribution >= 4 is 16.1 Å². The van der Waals surface area contributed by atoms with Crippen LogP contribution in [-0.4, -0.2) is 37.5 Å². The van der Waals surface area contributed by atoms with Crippen LogP contribution in [0.15, 0.2) is 47.0 Å². The Morgan fingerprint density at radius 3 is 2.34 bits per heavy atom. The van der Waals surface area contributed by atoms with E-state index in [1.54, 1.807) is 30.3 Å². The maximum atomic E-state index is 11.2. The first-order valence-corrected chi connectivity index (χ1v) is 11.7. The van der Waals surface area contributed by atoms with Crippen molar-refractivity contribution in [3.05, 3.63) is 59.3 Å². The smallest absolute Gasteiger partial charge is 0.341 e. The Morgan fingerprint density at radius 1 is 1.06 bits per heavy atom. The summed E-state index contributed by atoms with van der Waals surface area (Å²) < 4.78 is 44.0. The summed E-state index contributed by atoms with van der Waals surface area (Å²) in [6, 6.07) is 11.7. The molecule has 1 aliphatic rings. The summed E-state index contributed by atoms with van der Waals surface area (Å²) in [5.74, 6) is 1.00. The fourth-order valence-corrected chi connectivity index (χ4v) is 4.03. The molecule has 1 heterocycles. The molecule has 4 rings (SSSR count). The van der Waals surface area contributed by atoms with Gasteiger partial charge in [-0.1, -0.05) is 5.16 Å². The average molecular weight is 459 g/mol. The van der Waals surface area contributed by atoms with E-state index < -0.39 is 16.1 Å². The number of hydrogen-bond donors (Lipinski definition) is 1. The summed E-state index contributed by atoms with van der Waals surface area (Å²) >= 11 is 0. The van der Waals surface area contributed by atoms with Crippen molar-refractivity contribution in [2.24, 2.45) is 0 Å². The lowest BCUT2D eigenvalue weighted by Gasteiger charge is -2.13. The molecular weight excluding hydrogens is 438 g/mol. The number of carbonyl (C=O) groups is 1. The number of benzene rings is 2. The number of rotatable bonds is 9. The quantitative estimate of drug-likeness (QED) is 0.480. The second-order valence-corrected chi connectivity index (χ2v) is 8.91. The first-order chi connectivity index (χ1) is 15.3. The van der Waals surface area contributed by atoms with Gasteiger partial charge in [0.1, 0.15) is 29.5 Å². The summed E-state index contributed by atoms with van der Waals surface area (Å²) in [7, 11) is -3.58. The van der Waals surface area contributed by atoms with Crippen LogP contribution >= 0.6 is 0 Å². The van der Waals surface area contributed by atoms with Gasteiger partial charge in [-0.2, -0.15) is 8.42 Å². The number of aromatic nitrogens is 1. The van der Waals surface area contributed by atoms with Crippen molar-refractivity contribution in [2.45, 2.75) is 25.9 Å². The molecule has 9 nitrogen and oxygen atoms in total. The van der Waals surface area contributed by atoms with Gasteiger partial charge < -0.3 is 23.3 Å². The SMILES string of the molecule is CS(=O)(=O)Oc1ccc(-c2cc(COc3ccc(OCC(=O)O)c4c3CCC4)no2)cc1. The van der Waals surface area contributed by atoms with E-state index >= 15 is 0 Å². The zero-order chi connectivity index (χ0) is 22.7. The van der Waals surface area contributed by atoms with E-state index in [9.17, 15) is 13.2 Å². The van der Waals surface area contributed by atoms with Crippen molar-refractivity contribution in [1.82, 2.24) is 5.16 Å². The van der Waals surface area contributed by atoms with Crippen molar-refractivity contribution in [3.8, 4) is 28.6 Å². The Bertz CT molecular complexity index is 1230. The van der Waals surface area contributed by atoms with Crippen LogP contribution in [0, 0.1) is 0 Å². The zero-order valence-corrected chi connectivity index (χ0v) is 18.1. The van der Waals surface area contributed by atoms with Crippen LogP contribution in [0.3, 0.4) is 0 Å². The minimum atomic E-state index is -3.58. The Kier molecular flexibility index (Phi) is 6.04. The monoisotopic (exact) mass is 459 g/mol. The Balaban J connectivity index is 1.42. The van der Waals surface area contributed by atoms with Crippen LogP contribution in [0.5, 0.6) is 17.2 Å². The molecule has 2 aromatic carbocycles. The standard InChI is InChI=1S/C22H21NO8S/c1-32(26,27)31-16-7-5-14(6-8-16)21-11-15(23-30-21)12-28-19-9-10-20(29-13-22(24)25)18-4-2-3-17(18)19/h5-11H,2-4,12-13H2,1H3,(H,24,25). The molecule has 0 unspecified atom stereocenters. The highest BCUT2D eigenvalue weighted by Gasteiger charge is 2.21. The van der Waals surface area contributed by atoms with Gasteiger partial charge in [-0.3, -0.25) is 0 Å².